The van der Waals surface area contributed by atoms with Gasteiger partial charge in [0, 0.05) is 24.7 Å². The third-order valence-corrected chi connectivity index (χ3v) is 5.70. The van der Waals surface area contributed by atoms with Gasteiger partial charge in [0.25, 0.3) is 0 Å². The second kappa shape index (κ2) is 6.85. The number of carbonyl (C=O) groups excluding carboxylic acids is 1. The summed E-state index contributed by atoms with van der Waals surface area (Å²) in [6.45, 7) is 2.29. The summed E-state index contributed by atoms with van der Waals surface area (Å²) in [6, 6.07) is 13.3. The fourth-order valence-electron chi connectivity index (χ4n) is 2.80. The summed E-state index contributed by atoms with van der Waals surface area (Å²) in [5.74, 6) is 0.492. The first-order chi connectivity index (χ1) is 11.9. The average Bonchev–Trinajstić information content (AvgIpc) is 2.95. The maximum Gasteiger partial charge on any atom is 0.240 e. The van der Waals surface area contributed by atoms with Crippen molar-refractivity contribution in [1.29, 1.82) is 0 Å². The Morgan fingerprint density at radius 2 is 1.72 bits per heavy atom. The molecule has 132 valence electrons. The highest BCUT2D eigenvalue weighted by atomic mass is 32.2. The highest BCUT2D eigenvalue weighted by molar-refractivity contribution is 7.89. The third kappa shape index (κ3) is 3.83. The third-order valence-electron chi connectivity index (χ3n) is 4.16. The Bertz CT molecular complexity index is 861. The average molecular weight is 360 g/mol. The van der Waals surface area contributed by atoms with E-state index in [0.29, 0.717) is 12.3 Å². The van der Waals surface area contributed by atoms with Crippen molar-refractivity contribution in [3.63, 3.8) is 0 Å². The van der Waals surface area contributed by atoms with Crippen LogP contribution in [-0.2, 0) is 14.8 Å². The number of methoxy groups -OCH3 is 1. The molecule has 1 atom stereocenters. The normalized spacial score (nSPS) is 17.8. The molecule has 0 aromatic heterocycles. The lowest BCUT2D eigenvalue weighted by molar-refractivity contribution is -0.117. The molecule has 0 unspecified atom stereocenters. The van der Waals surface area contributed by atoms with Crippen LogP contribution >= 0.6 is 0 Å². The van der Waals surface area contributed by atoms with Crippen LogP contribution in [0.3, 0.4) is 0 Å². The number of carbonyl (C=O) groups is 1. The van der Waals surface area contributed by atoms with Gasteiger partial charge in [0.05, 0.1) is 12.0 Å². The minimum atomic E-state index is -3.69. The van der Waals surface area contributed by atoms with E-state index in [4.69, 9.17) is 4.74 Å². The van der Waals surface area contributed by atoms with E-state index in [1.807, 2.05) is 31.2 Å². The second-order valence-corrected chi connectivity index (χ2v) is 7.75. The van der Waals surface area contributed by atoms with E-state index in [-0.39, 0.29) is 17.2 Å². The predicted octanol–water partition coefficient (Wildman–Crippen LogP) is 2.09. The molecule has 0 aliphatic carbocycles. The summed E-state index contributed by atoms with van der Waals surface area (Å²) < 4.78 is 32.7. The number of hydrogen-bond acceptors (Lipinski definition) is 4. The number of ether oxygens (including phenoxy) is 1. The number of nitrogens with one attached hydrogen (secondary N) is 1. The zero-order chi connectivity index (χ0) is 18.0. The monoisotopic (exact) mass is 360 g/mol. The highest BCUT2D eigenvalue weighted by Crippen LogP contribution is 2.23. The number of sulfonamides is 1. The molecule has 1 aliphatic rings. The van der Waals surface area contributed by atoms with Crippen LogP contribution in [0.5, 0.6) is 5.75 Å². The van der Waals surface area contributed by atoms with Crippen molar-refractivity contribution in [3.05, 3.63) is 54.1 Å². The first-order valence-electron chi connectivity index (χ1n) is 7.92. The number of nitrogens with zero attached hydrogens (tertiary/aromatic N) is 1. The molecule has 2 aromatic carbocycles. The molecular weight excluding hydrogens is 340 g/mol. The summed E-state index contributed by atoms with van der Waals surface area (Å²) in [6.07, 6.45) is 0.142. The zero-order valence-corrected chi connectivity index (χ0v) is 14.9. The molecule has 1 N–H and O–H groups in total. The topological polar surface area (TPSA) is 75.7 Å². The Balaban J connectivity index is 1.72. The van der Waals surface area contributed by atoms with Crippen LogP contribution in [0.1, 0.15) is 12.0 Å². The van der Waals surface area contributed by atoms with E-state index >= 15 is 0 Å². The maximum absolute atomic E-state index is 12.5. The molecular formula is C18H20N2O4S. The molecule has 2 aromatic rings. The minimum Gasteiger partial charge on any atom is -0.497 e. The summed E-state index contributed by atoms with van der Waals surface area (Å²) in [5, 5.41) is 0. The van der Waals surface area contributed by atoms with Gasteiger partial charge in [-0.2, -0.15) is 0 Å². The zero-order valence-electron chi connectivity index (χ0n) is 14.1. The van der Waals surface area contributed by atoms with Gasteiger partial charge in [-0.05, 0) is 43.3 Å². The molecule has 0 saturated carbocycles. The molecule has 1 saturated heterocycles. The lowest BCUT2D eigenvalue weighted by Gasteiger charge is -2.17. The first-order valence-corrected chi connectivity index (χ1v) is 9.41. The Morgan fingerprint density at radius 1 is 1.08 bits per heavy atom. The van der Waals surface area contributed by atoms with Crippen LogP contribution in [0, 0.1) is 6.92 Å². The van der Waals surface area contributed by atoms with Crippen molar-refractivity contribution < 1.29 is 17.9 Å². The fourth-order valence-corrected chi connectivity index (χ4v) is 4.03. The van der Waals surface area contributed by atoms with E-state index in [9.17, 15) is 13.2 Å². The predicted molar refractivity (Wildman–Crippen MR) is 95.3 cm³/mol. The van der Waals surface area contributed by atoms with Crippen LogP contribution in [0.2, 0.25) is 0 Å². The summed E-state index contributed by atoms with van der Waals surface area (Å²) >= 11 is 0. The summed E-state index contributed by atoms with van der Waals surface area (Å²) in [4.78, 5) is 14.0. The first kappa shape index (κ1) is 17.4. The van der Waals surface area contributed by atoms with Gasteiger partial charge in [-0.25, -0.2) is 13.1 Å². The number of amides is 1. The molecule has 1 aliphatic heterocycles. The largest absolute Gasteiger partial charge is 0.497 e. The minimum absolute atomic E-state index is 0.0914. The second-order valence-electron chi connectivity index (χ2n) is 6.04. The summed E-state index contributed by atoms with van der Waals surface area (Å²) in [7, 11) is -2.17. The van der Waals surface area contributed by atoms with E-state index in [1.165, 1.54) is 19.2 Å². The lowest BCUT2D eigenvalue weighted by Crippen LogP contribution is -2.37. The van der Waals surface area contributed by atoms with Crippen molar-refractivity contribution in [2.75, 3.05) is 18.6 Å². The Kier molecular flexibility index (Phi) is 4.78. The van der Waals surface area contributed by atoms with Gasteiger partial charge in [-0.1, -0.05) is 17.7 Å². The highest BCUT2D eigenvalue weighted by Gasteiger charge is 2.33. The molecule has 0 bridgehead atoms. The molecule has 3 rings (SSSR count). The van der Waals surface area contributed by atoms with Crippen molar-refractivity contribution in [3.8, 4) is 5.75 Å². The van der Waals surface area contributed by atoms with Gasteiger partial charge in [0.15, 0.2) is 0 Å². The molecule has 25 heavy (non-hydrogen) atoms. The summed E-state index contributed by atoms with van der Waals surface area (Å²) in [5.41, 5.74) is 1.88. The van der Waals surface area contributed by atoms with E-state index in [2.05, 4.69) is 4.72 Å². The smallest absolute Gasteiger partial charge is 0.240 e. The molecule has 0 spiro atoms. The van der Waals surface area contributed by atoms with Crippen LogP contribution in [-0.4, -0.2) is 34.0 Å². The van der Waals surface area contributed by atoms with Gasteiger partial charge in [-0.15, -0.1) is 0 Å². The van der Waals surface area contributed by atoms with E-state index < -0.39 is 16.1 Å². The Hall–Kier alpha value is -2.38. The Morgan fingerprint density at radius 3 is 2.32 bits per heavy atom. The van der Waals surface area contributed by atoms with E-state index in [0.717, 1.165) is 11.3 Å². The number of anilines is 1. The number of benzene rings is 2. The fraction of sp³-hybridized carbons (Fsp3) is 0.278. The van der Waals surface area contributed by atoms with Gasteiger partial charge in [-0.3, -0.25) is 4.79 Å². The maximum atomic E-state index is 12.5. The lowest BCUT2D eigenvalue weighted by atomic mass is 10.2. The van der Waals surface area contributed by atoms with Crippen LogP contribution in [0.15, 0.2) is 53.4 Å². The number of rotatable bonds is 5. The van der Waals surface area contributed by atoms with Gasteiger partial charge in [0.2, 0.25) is 15.9 Å². The van der Waals surface area contributed by atoms with Gasteiger partial charge < -0.3 is 9.64 Å². The number of aryl methyl sites for hydroxylation is 1. The van der Waals surface area contributed by atoms with Crippen molar-refractivity contribution in [2.24, 2.45) is 0 Å². The van der Waals surface area contributed by atoms with Crippen LogP contribution in [0.25, 0.3) is 0 Å². The van der Waals surface area contributed by atoms with Gasteiger partial charge in [0.1, 0.15) is 5.75 Å². The van der Waals surface area contributed by atoms with Crippen molar-refractivity contribution >= 4 is 21.6 Å². The Labute approximate surface area is 147 Å². The van der Waals surface area contributed by atoms with Gasteiger partial charge >= 0.3 is 0 Å². The van der Waals surface area contributed by atoms with Crippen LogP contribution < -0.4 is 14.4 Å². The standard InChI is InChI=1S/C18H20N2O4S/c1-13-3-5-15(6-4-13)20-12-14(11-18(20)21)19-25(22,23)17-9-7-16(24-2)8-10-17/h3-10,14,19H,11-12H2,1-2H3/t14-/m0/s1. The van der Waals surface area contributed by atoms with Crippen molar-refractivity contribution in [1.82, 2.24) is 4.72 Å². The molecule has 0 radical (unpaired) electrons. The quantitative estimate of drug-likeness (QED) is 0.886. The molecule has 6 nitrogen and oxygen atoms in total. The molecule has 1 heterocycles. The molecule has 1 amide bonds. The van der Waals surface area contributed by atoms with E-state index in [1.54, 1.807) is 17.0 Å². The molecule has 7 heteroatoms. The van der Waals surface area contributed by atoms with Crippen LogP contribution in [0.4, 0.5) is 5.69 Å². The van der Waals surface area contributed by atoms with Crippen molar-refractivity contribution in [2.45, 2.75) is 24.3 Å². The SMILES string of the molecule is COc1ccc(S(=O)(=O)N[C@H]2CC(=O)N(c3ccc(C)cc3)C2)cc1. The molecule has 1 fully saturated rings. The number of hydrogen-bond donors (Lipinski definition) is 1.